The van der Waals surface area contributed by atoms with Gasteiger partial charge in [0.1, 0.15) is 11.5 Å². The first-order valence-corrected chi connectivity index (χ1v) is 4.86. The molecule has 0 saturated heterocycles. The van der Waals surface area contributed by atoms with Gasteiger partial charge >= 0.3 is 5.97 Å². The first kappa shape index (κ1) is 12.2. The molecule has 0 amide bonds. The lowest BCUT2D eigenvalue weighted by atomic mass is 10.3. The van der Waals surface area contributed by atoms with Crippen molar-refractivity contribution in [2.45, 2.75) is 13.8 Å². The van der Waals surface area contributed by atoms with Crippen molar-refractivity contribution in [1.29, 1.82) is 0 Å². The predicted molar refractivity (Wildman–Crippen MR) is 59.8 cm³/mol. The van der Waals surface area contributed by atoms with Gasteiger partial charge < -0.3 is 4.74 Å². The van der Waals surface area contributed by atoms with Crippen LogP contribution in [0, 0.1) is 5.82 Å². The third-order valence-corrected chi connectivity index (χ3v) is 1.75. The largest absolute Gasteiger partial charge is 0.461 e. The Kier molecular flexibility index (Phi) is 4.44. The summed E-state index contributed by atoms with van der Waals surface area (Å²) in [5, 5.41) is 3.78. The molecule has 0 aliphatic carbocycles. The Balaban J connectivity index is 2.62. The lowest BCUT2D eigenvalue weighted by Crippen LogP contribution is -2.15. The number of halogens is 1. The number of nitrogens with one attached hydrogen (secondary N) is 1. The number of rotatable bonds is 4. The quantitative estimate of drug-likeness (QED) is 0.484. The summed E-state index contributed by atoms with van der Waals surface area (Å²) < 4.78 is 17.5. The minimum atomic E-state index is -0.494. The number of carbonyl (C=O) groups excluding carboxylic acids is 1. The molecule has 0 spiro atoms. The summed E-state index contributed by atoms with van der Waals surface area (Å²) in [4.78, 5) is 11.2. The third kappa shape index (κ3) is 3.68. The molecule has 0 fully saturated rings. The van der Waals surface area contributed by atoms with Gasteiger partial charge in [-0.2, -0.15) is 5.10 Å². The smallest absolute Gasteiger partial charge is 0.354 e. The van der Waals surface area contributed by atoms with Crippen LogP contribution < -0.4 is 5.43 Å². The standard InChI is InChI=1S/C11H13FN2O2/c1-3-16-11(15)8(2)13-14-10-6-4-5-9(12)7-10/h4-7,14H,3H2,1-2H3/b13-8+. The molecule has 4 nitrogen and oxygen atoms in total. The number of hydrazone groups is 1. The van der Waals surface area contributed by atoms with Gasteiger partial charge in [-0.25, -0.2) is 9.18 Å². The van der Waals surface area contributed by atoms with Gasteiger partial charge in [-0.3, -0.25) is 5.43 Å². The average Bonchev–Trinajstić information content (AvgIpc) is 2.26. The van der Waals surface area contributed by atoms with Crippen LogP contribution in [0.15, 0.2) is 29.4 Å². The summed E-state index contributed by atoms with van der Waals surface area (Å²) in [6.45, 7) is 3.53. The molecule has 1 N–H and O–H groups in total. The predicted octanol–water partition coefficient (Wildman–Crippen LogP) is 2.18. The molecule has 0 aliphatic heterocycles. The van der Waals surface area contributed by atoms with E-state index in [2.05, 4.69) is 10.5 Å². The molecule has 1 aromatic carbocycles. The first-order chi connectivity index (χ1) is 7.63. The Morgan fingerprint density at radius 3 is 2.94 bits per heavy atom. The van der Waals surface area contributed by atoms with Crippen LogP contribution in [0.3, 0.4) is 0 Å². The van der Waals surface area contributed by atoms with Crippen LogP contribution in [0.4, 0.5) is 10.1 Å². The van der Waals surface area contributed by atoms with Crippen molar-refractivity contribution >= 4 is 17.4 Å². The van der Waals surface area contributed by atoms with Crippen LogP contribution in [0.5, 0.6) is 0 Å². The maximum Gasteiger partial charge on any atom is 0.354 e. The molecule has 5 heteroatoms. The van der Waals surface area contributed by atoms with E-state index in [1.807, 2.05) is 0 Å². The number of carbonyl (C=O) groups is 1. The maximum atomic E-state index is 12.8. The van der Waals surface area contributed by atoms with Crippen molar-refractivity contribution in [1.82, 2.24) is 0 Å². The molecule has 16 heavy (non-hydrogen) atoms. The van der Waals surface area contributed by atoms with E-state index in [4.69, 9.17) is 4.74 Å². The van der Waals surface area contributed by atoms with Crippen LogP contribution in [0.1, 0.15) is 13.8 Å². The molecular formula is C11H13FN2O2. The summed E-state index contributed by atoms with van der Waals surface area (Å²) in [6.07, 6.45) is 0. The zero-order chi connectivity index (χ0) is 12.0. The van der Waals surface area contributed by atoms with Gasteiger partial charge in [0.05, 0.1) is 12.3 Å². The van der Waals surface area contributed by atoms with Gasteiger partial charge in [0.2, 0.25) is 0 Å². The topological polar surface area (TPSA) is 50.7 Å². The van der Waals surface area contributed by atoms with Crippen LogP contribution in [0.2, 0.25) is 0 Å². The Morgan fingerprint density at radius 2 is 2.31 bits per heavy atom. The van der Waals surface area contributed by atoms with Gasteiger partial charge in [-0.15, -0.1) is 0 Å². The molecule has 0 radical (unpaired) electrons. The molecule has 0 aliphatic rings. The van der Waals surface area contributed by atoms with E-state index in [1.165, 1.54) is 19.1 Å². The monoisotopic (exact) mass is 224 g/mol. The van der Waals surface area contributed by atoms with E-state index < -0.39 is 5.97 Å². The molecule has 0 saturated carbocycles. The summed E-state index contributed by atoms with van der Waals surface area (Å²) >= 11 is 0. The van der Waals surface area contributed by atoms with Gasteiger partial charge in [0.25, 0.3) is 0 Å². The van der Waals surface area contributed by atoms with E-state index in [-0.39, 0.29) is 11.5 Å². The van der Waals surface area contributed by atoms with E-state index in [0.29, 0.717) is 12.3 Å². The highest BCUT2D eigenvalue weighted by Gasteiger charge is 2.05. The molecular weight excluding hydrogens is 211 g/mol. The van der Waals surface area contributed by atoms with E-state index in [9.17, 15) is 9.18 Å². The highest BCUT2D eigenvalue weighted by atomic mass is 19.1. The highest BCUT2D eigenvalue weighted by Crippen LogP contribution is 2.08. The number of hydrogen-bond donors (Lipinski definition) is 1. The van der Waals surface area contributed by atoms with Gasteiger partial charge in [0.15, 0.2) is 0 Å². The Hall–Kier alpha value is -1.91. The Labute approximate surface area is 93.1 Å². The van der Waals surface area contributed by atoms with Crippen molar-refractivity contribution < 1.29 is 13.9 Å². The van der Waals surface area contributed by atoms with Crippen molar-refractivity contribution in [3.8, 4) is 0 Å². The second kappa shape index (κ2) is 5.85. The molecule has 86 valence electrons. The number of benzene rings is 1. The zero-order valence-corrected chi connectivity index (χ0v) is 9.16. The van der Waals surface area contributed by atoms with Gasteiger partial charge in [-0.05, 0) is 32.0 Å². The van der Waals surface area contributed by atoms with E-state index in [0.717, 1.165) is 0 Å². The Bertz CT molecular complexity index is 405. The van der Waals surface area contributed by atoms with Crippen molar-refractivity contribution in [3.63, 3.8) is 0 Å². The minimum Gasteiger partial charge on any atom is -0.461 e. The number of anilines is 1. The lowest BCUT2D eigenvalue weighted by molar-refractivity contribution is -0.135. The number of hydrogen-bond acceptors (Lipinski definition) is 4. The van der Waals surface area contributed by atoms with E-state index in [1.54, 1.807) is 19.1 Å². The van der Waals surface area contributed by atoms with Crippen molar-refractivity contribution in [2.75, 3.05) is 12.0 Å². The highest BCUT2D eigenvalue weighted by molar-refractivity contribution is 6.35. The fourth-order valence-electron chi connectivity index (χ4n) is 0.988. The molecule has 1 rings (SSSR count). The maximum absolute atomic E-state index is 12.8. The molecule has 1 aromatic rings. The zero-order valence-electron chi connectivity index (χ0n) is 9.16. The second-order valence-corrected chi connectivity index (χ2v) is 3.04. The fourth-order valence-corrected chi connectivity index (χ4v) is 0.988. The second-order valence-electron chi connectivity index (χ2n) is 3.04. The van der Waals surface area contributed by atoms with Crippen molar-refractivity contribution in [3.05, 3.63) is 30.1 Å². The third-order valence-electron chi connectivity index (χ3n) is 1.75. The first-order valence-electron chi connectivity index (χ1n) is 4.86. The summed E-state index contributed by atoms with van der Waals surface area (Å²) in [5.74, 6) is -0.861. The van der Waals surface area contributed by atoms with Crippen molar-refractivity contribution in [2.24, 2.45) is 5.10 Å². The molecule has 0 unspecified atom stereocenters. The Morgan fingerprint density at radius 1 is 1.56 bits per heavy atom. The molecule has 0 heterocycles. The lowest BCUT2D eigenvalue weighted by Gasteiger charge is -2.03. The van der Waals surface area contributed by atoms with E-state index >= 15 is 0 Å². The SMILES string of the molecule is CCOC(=O)/C(C)=N/Nc1cccc(F)c1. The normalized spacial score (nSPS) is 11.1. The molecule has 0 bridgehead atoms. The number of esters is 1. The van der Waals surface area contributed by atoms with Gasteiger partial charge in [0, 0.05) is 0 Å². The molecule has 0 aromatic heterocycles. The summed E-state index contributed by atoms with van der Waals surface area (Å²) in [7, 11) is 0. The number of nitrogens with zero attached hydrogens (tertiary/aromatic N) is 1. The number of ether oxygens (including phenoxy) is 1. The minimum absolute atomic E-state index is 0.186. The summed E-state index contributed by atoms with van der Waals surface area (Å²) in [5.41, 5.74) is 3.23. The molecule has 0 atom stereocenters. The summed E-state index contributed by atoms with van der Waals surface area (Å²) in [6, 6.07) is 5.80. The average molecular weight is 224 g/mol. The van der Waals surface area contributed by atoms with Gasteiger partial charge in [-0.1, -0.05) is 6.07 Å². The van der Waals surface area contributed by atoms with Crippen LogP contribution in [-0.2, 0) is 9.53 Å². The van der Waals surface area contributed by atoms with Crippen LogP contribution >= 0.6 is 0 Å². The fraction of sp³-hybridized carbons (Fsp3) is 0.273. The van der Waals surface area contributed by atoms with Crippen LogP contribution in [-0.4, -0.2) is 18.3 Å². The van der Waals surface area contributed by atoms with Crippen LogP contribution in [0.25, 0.3) is 0 Å².